The minimum atomic E-state index is -1.70. The van der Waals surface area contributed by atoms with Crippen molar-refractivity contribution in [2.24, 2.45) is 31.6 Å². The summed E-state index contributed by atoms with van der Waals surface area (Å²) in [7, 11) is 0. The molecule has 2 aliphatic carbocycles. The van der Waals surface area contributed by atoms with Crippen molar-refractivity contribution >= 4 is 30.3 Å². The van der Waals surface area contributed by atoms with Crippen molar-refractivity contribution in [3.05, 3.63) is 30.1 Å². The van der Waals surface area contributed by atoms with E-state index in [0.717, 1.165) is 32.2 Å². The van der Waals surface area contributed by atoms with Crippen molar-refractivity contribution < 1.29 is 38.0 Å². The molecule has 1 aromatic heterocycles. The Morgan fingerprint density at radius 3 is 1.65 bits per heavy atom. The topological polar surface area (TPSA) is 160 Å². The number of hydrogen-bond acceptors (Lipinski definition) is 9. The molecule has 0 spiro atoms. The highest BCUT2D eigenvalue weighted by Gasteiger charge is 2.53. The number of carbonyl (C=O) groups excluding carboxylic acids is 5. The smallest absolute Gasteiger partial charge is 0.402 e. The fourth-order valence-corrected chi connectivity index (χ4v) is 8.56. The van der Waals surface area contributed by atoms with E-state index in [1.165, 1.54) is 4.90 Å². The molecule has 0 aromatic carbocycles. The molecule has 0 bridgehead atoms. The van der Waals surface area contributed by atoms with Crippen LogP contribution in [0.2, 0.25) is 0 Å². The van der Waals surface area contributed by atoms with Crippen LogP contribution >= 0.6 is 0 Å². The van der Waals surface area contributed by atoms with Crippen LogP contribution in [0.5, 0.6) is 0 Å². The monoisotopic (exact) mass is 667 g/mol. The Balaban J connectivity index is 1.44. The quantitative estimate of drug-likeness (QED) is 0.162. The first-order valence-electron chi connectivity index (χ1n) is 16.8. The maximum Gasteiger partial charge on any atom is 0.410 e. The number of carbonyl (C=O) groups is 3. The Labute approximate surface area is 282 Å². The summed E-state index contributed by atoms with van der Waals surface area (Å²) in [5.41, 5.74) is -0.466. The van der Waals surface area contributed by atoms with Crippen LogP contribution in [0, 0.1) is 21.7 Å². The second-order valence-electron chi connectivity index (χ2n) is 16.3. The molecule has 4 rings (SSSR count). The number of aliphatic imine (C=N–C) groups is 2. The normalized spacial score (nSPS) is 28.4. The number of pyridine rings is 1. The lowest BCUT2D eigenvalue weighted by atomic mass is 9.62. The molecule has 3 aliphatic rings. The molecular formula is C35H51N6O7+. The highest BCUT2D eigenvalue weighted by molar-refractivity contribution is 5.94. The van der Waals surface area contributed by atoms with E-state index in [1.54, 1.807) is 24.3 Å². The lowest BCUT2D eigenvalue weighted by Gasteiger charge is -2.48. The molecule has 2 heterocycles. The Kier molecular flexibility index (Phi) is 10.9. The zero-order chi connectivity index (χ0) is 35.4. The summed E-state index contributed by atoms with van der Waals surface area (Å²) >= 11 is 0. The summed E-state index contributed by atoms with van der Waals surface area (Å²) in [6.07, 6.45) is 9.68. The van der Waals surface area contributed by atoms with Gasteiger partial charge in [-0.3, -0.25) is 4.79 Å². The summed E-state index contributed by atoms with van der Waals surface area (Å²) in [5.74, 6) is -1.98. The highest BCUT2D eigenvalue weighted by atomic mass is 16.7. The number of likely N-dealkylation sites (tertiary alicyclic amines) is 1. The molecule has 4 atom stereocenters. The first kappa shape index (κ1) is 36.8. The van der Waals surface area contributed by atoms with Gasteiger partial charge in [0.2, 0.25) is 12.2 Å². The van der Waals surface area contributed by atoms with Gasteiger partial charge in [0.1, 0.15) is 19.6 Å². The van der Waals surface area contributed by atoms with E-state index in [0.29, 0.717) is 18.4 Å². The number of ether oxygens (including phenoxy) is 2. The van der Waals surface area contributed by atoms with Crippen molar-refractivity contribution in [1.82, 2.24) is 15.5 Å². The first-order chi connectivity index (χ1) is 22.4. The summed E-state index contributed by atoms with van der Waals surface area (Å²) in [5, 5.41) is 5.67. The number of aryl methyl sites for hydroxylation is 1. The first-order valence-corrected chi connectivity index (χ1v) is 16.8. The van der Waals surface area contributed by atoms with E-state index >= 15 is 0 Å². The minimum Gasteiger partial charge on any atom is -0.402 e. The van der Waals surface area contributed by atoms with Gasteiger partial charge in [-0.15, -0.1) is 0 Å². The molecule has 1 saturated heterocycles. The van der Waals surface area contributed by atoms with Gasteiger partial charge in [-0.1, -0.05) is 41.5 Å². The number of hydrogen-bond donors (Lipinski definition) is 2. The summed E-state index contributed by atoms with van der Waals surface area (Å²) < 4.78 is 13.5. The van der Waals surface area contributed by atoms with E-state index in [2.05, 4.69) is 48.3 Å². The minimum absolute atomic E-state index is 0.0987. The fraction of sp³-hybridized carbons (Fsp3) is 0.714. The number of nitrogens with zero attached hydrogens (tertiary/aromatic N) is 4. The predicted molar refractivity (Wildman–Crippen MR) is 175 cm³/mol. The van der Waals surface area contributed by atoms with Crippen LogP contribution in [0.3, 0.4) is 0 Å². The number of rotatable bonds is 10. The summed E-state index contributed by atoms with van der Waals surface area (Å²) in [4.78, 5) is 71.2. The van der Waals surface area contributed by atoms with Crippen LogP contribution in [-0.4, -0.2) is 79.2 Å². The number of nitrogens with one attached hydrogen (secondary N) is 2. The molecule has 1 aliphatic heterocycles. The van der Waals surface area contributed by atoms with Gasteiger partial charge >= 0.3 is 12.2 Å². The zero-order valence-electron chi connectivity index (χ0n) is 29.4. The molecule has 262 valence electrons. The molecule has 3 amide bonds. The molecule has 1 aromatic rings. The SMILES string of the molecule is CC[n+]1ccc(C(=O)N2CC(OC(=O)NCC3(C)CC(N=C=O)CC(C)(C)C3)(OC(=O)NCC3(C)CC(N=C=O)CC(C)(C)C3)C2)cc1. The lowest BCUT2D eigenvalue weighted by Crippen LogP contribution is -2.68. The third-order valence-electron chi connectivity index (χ3n) is 9.84. The largest absolute Gasteiger partial charge is 0.410 e. The predicted octanol–water partition coefficient (Wildman–Crippen LogP) is 4.44. The highest BCUT2D eigenvalue weighted by Crippen LogP contribution is 2.48. The third kappa shape index (κ3) is 9.51. The van der Waals surface area contributed by atoms with Gasteiger partial charge in [-0.2, -0.15) is 0 Å². The Hall–Kier alpha value is -4.08. The van der Waals surface area contributed by atoms with Crippen LogP contribution < -0.4 is 15.2 Å². The standard InChI is InChI=1S/C35H50N6O7/c1-8-40-11-9-25(10-12-40)28(44)41-21-35(22-41,47-29(45)36-19-33(6)15-26(38-23-42)13-31(2,3)17-33)48-30(46)37-20-34(7)16-27(39-24-43)14-32(4,5)18-34/h9-12,26-27H,8,13-22H2,1-7H3,(H-,36,37,45,46)/p+1. The van der Waals surface area contributed by atoms with Crippen LogP contribution in [0.15, 0.2) is 34.5 Å². The second-order valence-corrected chi connectivity index (χ2v) is 16.3. The second kappa shape index (κ2) is 14.2. The van der Waals surface area contributed by atoms with Crippen molar-refractivity contribution in [2.75, 3.05) is 26.2 Å². The molecular weight excluding hydrogens is 616 g/mol. The van der Waals surface area contributed by atoms with Crippen molar-refractivity contribution in [2.45, 2.75) is 111 Å². The molecule has 2 saturated carbocycles. The fourth-order valence-electron chi connectivity index (χ4n) is 8.56. The van der Waals surface area contributed by atoms with E-state index in [-0.39, 0.29) is 65.8 Å². The summed E-state index contributed by atoms with van der Waals surface area (Å²) in [6.45, 7) is 15.5. The van der Waals surface area contributed by atoms with Crippen LogP contribution in [0.25, 0.3) is 0 Å². The third-order valence-corrected chi connectivity index (χ3v) is 9.84. The zero-order valence-corrected chi connectivity index (χ0v) is 29.4. The summed E-state index contributed by atoms with van der Waals surface area (Å²) in [6, 6.07) is 3.05. The number of isocyanates is 2. The van der Waals surface area contributed by atoms with Crippen molar-refractivity contribution in [3.8, 4) is 0 Å². The van der Waals surface area contributed by atoms with Crippen LogP contribution in [-0.2, 0) is 25.6 Å². The molecule has 13 heteroatoms. The maximum absolute atomic E-state index is 13.3. The van der Waals surface area contributed by atoms with E-state index < -0.39 is 18.0 Å². The van der Waals surface area contributed by atoms with Crippen molar-refractivity contribution in [3.63, 3.8) is 0 Å². The van der Waals surface area contributed by atoms with Crippen LogP contribution in [0.4, 0.5) is 9.59 Å². The van der Waals surface area contributed by atoms with E-state index in [1.807, 2.05) is 37.7 Å². The van der Waals surface area contributed by atoms with E-state index in [4.69, 9.17) is 9.47 Å². The van der Waals surface area contributed by atoms with Crippen molar-refractivity contribution in [1.29, 1.82) is 0 Å². The molecule has 2 N–H and O–H groups in total. The number of alkyl carbamates (subject to hydrolysis) is 2. The van der Waals surface area contributed by atoms with Crippen LogP contribution in [0.1, 0.15) is 97.3 Å². The maximum atomic E-state index is 13.3. The van der Waals surface area contributed by atoms with Gasteiger partial charge in [0.15, 0.2) is 12.4 Å². The van der Waals surface area contributed by atoms with Gasteiger partial charge in [0.05, 0.1) is 17.6 Å². The molecule has 0 radical (unpaired) electrons. The van der Waals surface area contributed by atoms with Gasteiger partial charge in [-0.05, 0) is 67.1 Å². The van der Waals surface area contributed by atoms with Gasteiger partial charge in [-0.25, -0.2) is 33.7 Å². The van der Waals surface area contributed by atoms with E-state index in [9.17, 15) is 24.0 Å². The Morgan fingerprint density at radius 2 is 1.25 bits per heavy atom. The molecule has 48 heavy (non-hydrogen) atoms. The molecule has 4 unspecified atom stereocenters. The molecule has 3 fully saturated rings. The lowest BCUT2D eigenvalue weighted by molar-refractivity contribution is -0.693. The average Bonchev–Trinajstić information content (AvgIpc) is 2.96. The molecule has 13 nitrogen and oxygen atoms in total. The Morgan fingerprint density at radius 1 is 0.812 bits per heavy atom. The van der Waals surface area contributed by atoms with Gasteiger partial charge in [0, 0.05) is 25.2 Å². The average molecular weight is 668 g/mol. The Bertz CT molecular complexity index is 1390. The number of amides is 3. The van der Waals surface area contributed by atoms with Gasteiger partial charge < -0.3 is 25.0 Å². The number of aromatic nitrogens is 1. The van der Waals surface area contributed by atoms with Gasteiger partial charge in [0.25, 0.3) is 11.7 Å².